The number of carbonyl (C=O) groups is 2. The van der Waals surface area contributed by atoms with Crippen molar-refractivity contribution < 1.29 is 22.7 Å². The highest BCUT2D eigenvalue weighted by Crippen LogP contribution is 2.29. The molecule has 0 fully saturated rings. The highest BCUT2D eigenvalue weighted by atomic mass is 32.2. The van der Waals surface area contributed by atoms with Gasteiger partial charge in [0.25, 0.3) is 5.91 Å². The normalized spacial score (nSPS) is 12.8. The van der Waals surface area contributed by atoms with Crippen LogP contribution >= 0.6 is 11.3 Å². The Morgan fingerprint density at radius 2 is 1.91 bits per heavy atom. The van der Waals surface area contributed by atoms with E-state index >= 15 is 0 Å². The maximum atomic E-state index is 12.9. The number of nitriles is 1. The van der Waals surface area contributed by atoms with E-state index in [1.807, 2.05) is 18.2 Å². The number of amides is 1. The molecule has 0 aromatic carbocycles. The summed E-state index contributed by atoms with van der Waals surface area (Å²) in [6, 6.07) is 10.9. The van der Waals surface area contributed by atoms with Gasteiger partial charge in [0, 0.05) is 41.5 Å². The van der Waals surface area contributed by atoms with Crippen molar-refractivity contribution in [3.63, 3.8) is 0 Å². The first kappa shape index (κ1) is 24.0. The van der Waals surface area contributed by atoms with Crippen LogP contribution in [-0.4, -0.2) is 48.3 Å². The molecule has 3 rings (SSSR count). The van der Waals surface area contributed by atoms with Crippen LogP contribution in [0.4, 0.5) is 0 Å². The zero-order valence-corrected chi connectivity index (χ0v) is 19.2. The molecule has 9 nitrogen and oxygen atoms in total. The number of hydrogen-bond acceptors (Lipinski definition) is 9. The molecule has 0 aliphatic rings. The Kier molecular flexibility index (Phi) is 7.87. The topological polar surface area (TPSA) is 139 Å². The highest BCUT2D eigenvalue weighted by molar-refractivity contribution is 7.90. The smallest absolute Gasteiger partial charge is 0.349 e. The second-order valence-corrected chi connectivity index (χ2v) is 10.4. The van der Waals surface area contributed by atoms with Gasteiger partial charge in [-0.2, -0.15) is 5.26 Å². The van der Waals surface area contributed by atoms with Crippen LogP contribution in [0.3, 0.4) is 0 Å². The number of aromatic nitrogens is 2. The van der Waals surface area contributed by atoms with Crippen LogP contribution in [0.5, 0.6) is 0 Å². The summed E-state index contributed by atoms with van der Waals surface area (Å²) in [6.45, 7) is 0. The fourth-order valence-corrected chi connectivity index (χ4v) is 4.39. The van der Waals surface area contributed by atoms with Crippen molar-refractivity contribution in [2.45, 2.75) is 18.6 Å². The van der Waals surface area contributed by atoms with Crippen molar-refractivity contribution >= 4 is 33.1 Å². The number of esters is 1. The molecule has 170 valence electrons. The predicted molar refractivity (Wildman–Crippen MR) is 122 cm³/mol. The molecule has 33 heavy (non-hydrogen) atoms. The molecule has 0 radical (unpaired) electrons. The van der Waals surface area contributed by atoms with E-state index in [0.29, 0.717) is 5.56 Å². The van der Waals surface area contributed by atoms with E-state index in [4.69, 9.17) is 4.74 Å². The second-order valence-electron chi connectivity index (χ2n) is 7.08. The zero-order valence-electron chi connectivity index (χ0n) is 17.5. The Morgan fingerprint density at radius 3 is 2.55 bits per heavy atom. The fraction of sp³-hybridized carbons (Fsp3) is 0.227. The minimum Gasteiger partial charge on any atom is -0.443 e. The molecule has 0 spiro atoms. The molecule has 3 aromatic rings. The van der Waals surface area contributed by atoms with Gasteiger partial charge in [-0.25, -0.2) is 13.2 Å². The minimum absolute atomic E-state index is 0.0883. The lowest BCUT2D eigenvalue weighted by atomic mass is 10.1. The second kappa shape index (κ2) is 10.8. The van der Waals surface area contributed by atoms with Gasteiger partial charge in [-0.05, 0) is 42.3 Å². The van der Waals surface area contributed by atoms with E-state index in [9.17, 15) is 23.3 Å². The first-order chi connectivity index (χ1) is 15.8. The number of nitrogens with zero attached hydrogens (tertiary/aromatic N) is 3. The van der Waals surface area contributed by atoms with Crippen molar-refractivity contribution in [1.82, 2.24) is 15.3 Å². The largest absolute Gasteiger partial charge is 0.443 e. The lowest BCUT2D eigenvalue weighted by Crippen LogP contribution is -2.39. The van der Waals surface area contributed by atoms with E-state index in [-0.39, 0.29) is 17.1 Å². The molecule has 1 N–H and O–H groups in total. The SMILES string of the molecule is CS(=O)(=O)CC[C@@H](C#N)NC(=O)[C@@H](OC(=O)c1ccc(-c2ccncc2)s1)c1cccnc1. The Hall–Kier alpha value is -3.62. The number of ether oxygens (including phenoxy) is 1. The van der Waals surface area contributed by atoms with Gasteiger partial charge in [0.05, 0.1) is 11.8 Å². The van der Waals surface area contributed by atoms with Crippen LogP contribution in [-0.2, 0) is 19.4 Å². The Morgan fingerprint density at radius 1 is 1.15 bits per heavy atom. The summed E-state index contributed by atoms with van der Waals surface area (Å²) in [5.74, 6) is -1.73. The minimum atomic E-state index is -3.31. The predicted octanol–water partition coefficient (Wildman–Crippen LogP) is 2.55. The number of sulfone groups is 1. The molecular formula is C22H20N4O5S2. The number of rotatable bonds is 9. The number of hydrogen-bond donors (Lipinski definition) is 1. The first-order valence-electron chi connectivity index (χ1n) is 9.75. The van der Waals surface area contributed by atoms with Gasteiger partial charge in [-0.3, -0.25) is 14.8 Å². The van der Waals surface area contributed by atoms with Gasteiger partial charge in [0.1, 0.15) is 20.8 Å². The Balaban J connectivity index is 1.77. The molecule has 2 atom stereocenters. The molecule has 1 amide bonds. The van der Waals surface area contributed by atoms with E-state index in [1.165, 1.54) is 23.7 Å². The summed E-state index contributed by atoms with van der Waals surface area (Å²) in [5.41, 5.74) is 1.20. The molecule has 3 heterocycles. The van der Waals surface area contributed by atoms with Gasteiger partial charge in [-0.15, -0.1) is 11.3 Å². The maximum absolute atomic E-state index is 12.9. The quantitative estimate of drug-likeness (QED) is 0.457. The number of thiophene rings is 1. The van der Waals surface area contributed by atoms with E-state index in [1.54, 1.807) is 36.7 Å². The summed E-state index contributed by atoms with van der Waals surface area (Å²) in [7, 11) is -3.31. The zero-order chi connectivity index (χ0) is 23.8. The van der Waals surface area contributed by atoms with Crippen LogP contribution < -0.4 is 5.32 Å². The standard InChI is InChI=1S/C22H20N4O5S2/c1-33(29,30)12-8-17(13-23)26-21(27)20(16-3-2-9-25-14-16)31-22(28)19-5-4-18(32-19)15-6-10-24-11-7-15/h2-7,9-11,14,17,20H,8,12H2,1H3,(H,26,27)/t17-,20-/m0/s1. The van der Waals surface area contributed by atoms with Crippen LogP contribution in [0, 0.1) is 11.3 Å². The third kappa shape index (κ3) is 6.93. The fourth-order valence-electron chi connectivity index (χ4n) is 2.84. The van der Waals surface area contributed by atoms with Crippen LogP contribution in [0.15, 0.2) is 61.2 Å². The summed E-state index contributed by atoms with van der Waals surface area (Å²) in [4.78, 5) is 34.8. The summed E-state index contributed by atoms with van der Waals surface area (Å²) in [6.07, 6.45) is 5.76. The van der Waals surface area contributed by atoms with Crippen molar-refractivity contribution in [3.05, 3.63) is 71.6 Å². The average Bonchev–Trinajstić information content (AvgIpc) is 3.31. The third-order valence-corrected chi connectivity index (χ3v) is 6.56. The highest BCUT2D eigenvalue weighted by Gasteiger charge is 2.28. The molecular weight excluding hydrogens is 464 g/mol. The number of nitrogens with one attached hydrogen (secondary N) is 1. The molecule has 3 aromatic heterocycles. The molecule has 0 aliphatic carbocycles. The first-order valence-corrected chi connectivity index (χ1v) is 12.6. The molecule has 0 aliphatic heterocycles. The van der Waals surface area contributed by atoms with Crippen molar-refractivity contribution in [1.29, 1.82) is 5.26 Å². The Labute approximate surface area is 195 Å². The van der Waals surface area contributed by atoms with Gasteiger partial charge in [-0.1, -0.05) is 6.07 Å². The third-order valence-electron chi connectivity index (χ3n) is 4.47. The van der Waals surface area contributed by atoms with E-state index < -0.39 is 33.9 Å². The number of carbonyl (C=O) groups excluding carboxylic acids is 2. The van der Waals surface area contributed by atoms with Crippen molar-refractivity contribution in [3.8, 4) is 16.5 Å². The number of pyridine rings is 2. The van der Waals surface area contributed by atoms with Gasteiger partial charge < -0.3 is 10.1 Å². The van der Waals surface area contributed by atoms with Gasteiger partial charge in [0.15, 0.2) is 0 Å². The van der Waals surface area contributed by atoms with E-state index in [0.717, 1.165) is 16.7 Å². The molecule has 0 saturated heterocycles. The summed E-state index contributed by atoms with van der Waals surface area (Å²) in [5, 5.41) is 11.8. The molecule has 0 bridgehead atoms. The average molecular weight is 485 g/mol. The Bertz CT molecular complexity index is 1250. The van der Waals surface area contributed by atoms with Crippen LogP contribution in [0.1, 0.15) is 27.8 Å². The van der Waals surface area contributed by atoms with Gasteiger partial charge >= 0.3 is 5.97 Å². The monoisotopic (exact) mass is 484 g/mol. The summed E-state index contributed by atoms with van der Waals surface area (Å²) >= 11 is 1.20. The lowest BCUT2D eigenvalue weighted by molar-refractivity contribution is -0.130. The molecule has 11 heteroatoms. The van der Waals surface area contributed by atoms with Crippen LogP contribution in [0.2, 0.25) is 0 Å². The lowest BCUT2D eigenvalue weighted by Gasteiger charge is -2.19. The van der Waals surface area contributed by atoms with Crippen molar-refractivity contribution in [2.75, 3.05) is 12.0 Å². The van der Waals surface area contributed by atoms with Crippen LogP contribution in [0.25, 0.3) is 10.4 Å². The summed E-state index contributed by atoms with van der Waals surface area (Å²) < 4.78 is 28.3. The molecule has 0 unspecified atom stereocenters. The van der Waals surface area contributed by atoms with E-state index in [2.05, 4.69) is 15.3 Å². The van der Waals surface area contributed by atoms with Gasteiger partial charge in [0.2, 0.25) is 6.10 Å². The maximum Gasteiger partial charge on any atom is 0.349 e. The van der Waals surface area contributed by atoms with Crippen molar-refractivity contribution in [2.24, 2.45) is 0 Å². The molecule has 0 saturated carbocycles.